The molecule has 0 atom stereocenters. The summed E-state index contributed by atoms with van der Waals surface area (Å²) in [5.74, 6) is 0.549. The normalized spacial score (nSPS) is 26.6. The third-order valence-electron chi connectivity index (χ3n) is 3.86. The fraction of sp³-hybridized carbons (Fsp3) is 0.636. The zero-order valence-corrected chi connectivity index (χ0v) is 10.4. The van der Waals surface area contributed by atoms with Crippen molar-refractivity contribution in [2.24, 2.45) is 0 Å². The van der Waals surface area contributed by atoms with Crippen molar-refractivity contribution < 1.29 is 8.94 Å². The predicted octanol–water partition coefficient (Wildman–Crippen LogP) is 0.404. The van der Waals surface area contributed by atoms with Gasteiger partial charge >= 0.3 is 17.8 Å². The highest BCUT2D eigenvalue weighted by atomic mass is 16.5. The molecule has 2 bridgehead atoms. The molecular weight excluding hydrogens is 248 g/mol. The van der Waals surface area contributed by atoms with Crippen molar-refractivity contribution in [2.45, 2.75) is 18.9 Å². The van der Waals surface area contributed by atoms with Crippen LogP contribution in [0.3, 0.4) is 0 Å². The zero-order valence-electron chi connectivity index (χ0n) is 10.4. The molecule has 0 unspecified atom stereocenters. The highest BCUT2D eigenvalue weighted by Crippen LogP contribution is 2.27. The van der Waals surface area contributed by atoms with Gasteiger partial charge in [-0.25, -0.2) is 0 Å². The maximum absolute atomic E-state index is 5.66. The lowest BCUT2D eigenvalue weighted by Gasteiger charge is -2.29. The van der Waals surface area contributed by atoms with Gasteiger partial charge in [-0.15, -0.1) is 5.10 Å². The van der Waals surface area contributed by atoms with Crippen LogP contribution in [0, 0.1) is 0 Å². The van der Waals surface area contributed by atoms with Crippen LogP contribution in [0.4, 0.5) is 6.01 Å². The van der Waals surface area contributed by atoms with E-state index in [2.05, 4.69) is 30.1 Å². The molecule has 5 rings (SSSR count). The van der Waals surface area contributed by atoms with Crippen LogP contribution in [0.2, 0.25) is 0 Å². The first-order valence-electron chi connectivity index (χ1n) is 6.50. The molecule has 19 heavy (non-hydrogen) atoms. The van der Waals surface area contributed by atoms with E-state index in [1.807, 2.05) is 0 Å². The Bertz CT molecular complexity index is 545. The maximum Gasteiger partial charge on any atom is 0.318 e. The van der Waals surface area contributed by atoms with E-state index in [4.69, 9.17) is 8.94 Å². The number of piperidine rings is 1. The van der Waals surface area contributed by atoms with Crippen LogP contribution in [-0.4, -0.2) is 57.5 Å². The van der Waals surface area contributed by atoms with Crippen LogP contribution in [0.15, 0.2) is 15.3 Å². The summed E-state index contributed by atoms with van der Waals surface area (Å²) in [6.45, 7) is 4.29. The SMILES string of the molecule is c1noc(-c2nnc(N3CCN4CCC3CC4)o2)n1. The summed E-state index contributed by atoms with van der Waals surface area (Å²) < 4.78 is 10.6. The minimum Gasteiger partial charge on any atom is -0.399 e. The van der Waals surface area contributed by atoms with Gasteiger partial charge in [0.1, 0.15) is 0 Å². The number of nitrogens with zero attached hydrogens (tertiary/aromatic N) is 6. The molecule has 0 spiro atoms. The quantitative estimate of drug-likeness (QED) is 0.769. The summed E-state index contributed by atoms with van der Waals surface area (Å²) in [4.78, 5) is 8.60. The van der Waals surface area contributed by atoms with Crippen molar-refractivity contribution >= 4 is 6.01 Å². The monoisotopic (exact) mass is 262 g/mol. The summed E-state index contributed by atoms with van der Waals surface area (Å²) in [5.41, 5.74) is 0. The number of hydrogen-bond acceptors (Lipinski definition) is 8. The van der Waals surface area contributed by atoms with E-state index in [-0.39, 0.29) is 11.8 Å². The molecule has 5 heterocycles. The van der Waals surface area contributed by atoms with Crippen molar-refractivity contribution in [3.63, 3.8) is 0 Å². The first-order valence-corrected chi connectivity index (χ1v) is 6.50. The smallest absolute Gasteiger partial charge is 0.318 e. The zero-order chi connectivity index (χ0) is 12.7. The molecule has 0 radical (unpaired) electrons. The third kappa shape index (κ3) is 1.88. The standard InChI is InChI=1S/C11H14N6O2/c1-3-16-4-2-8(1)17(6-5-16)11-15-14-10(18-11)9-12-7-13-19-9/h7-8H,1-6H2. The van der Waals surface area contributed by atoms with E-state index in [0.29, 0.717) is 12.1 Å². The van der Waals surface area contributed by atoms with Crippen LogP contribution >= 0.6 is 0 Å². The fourth-order valence-electron chi connectivity index (χ4n) is 2.82. The van der Waals surface area contributed by atoms with Crippen LogP contribution in [-0.2, 0) is 0 Å². The van der Waals surface area contributed by atoms with Gasteiger partial charge in [-0.3, -0.25) is 0 Å². The molecule has 0 amide bonds. The second-order valence-electron chi connectivity index (χ2n) is 4.90. The highest BCUT2D eigenvalue weighted by Gasteiger charge is 2.32. The van der Waals surface area contributed by atoms with E-state index < -0.39 is 0 Å². The van der Waals surface area contributed by atoms with Gasteiger partial charge in [0.05, 0.1) is 0 Å². The second kappa shape index (κ2) is 4.30. The molecule has 0 N–H and O–H groups in total. The molecular formula is C11H14N6O2. The highest BCUT2D eigenvalue weighted by molar-refractivity contribution is 5.39. The van der Waals surface area contributed by atoms with E-state index >= 15 is 0 Å². The van der Waals surface area contributed by atoms with Gasteiger partial charge in [0.2, 0.25) is 0 Å². The molecule has 2 aromatic rings. The minimum absolute atomic E-state index is 0.265. The lowest BCUT2D eigenvalue weighted by molar-refractivity contribution is 0.249. The van der Waals surface area contributed by atoms with E-state index in [9.17, 15) is 0 Å². The van der Waals surface area contributed by atoms with Crippen LogP contribution in [0.1, 0.15) is 12.8 Å². The van der Waals surface area contributed by atoms with Crippen molar-refractivity contribution in [2.75, 3.05) is 31.1 Å². The average molecular weight is 262 g/mol. The lowest BCUT2D eigenvalue weighted by Crippen LogP contribution is -2.38. The van der Waals surface area contributed by atoms with Crippen molar-refractivity contribution in [1.82, 2.24) is 25.2 Å². The van der Waals surface area contributed by atoms with Gasteiger partial charge in [0, 0.05) is 32.2 Å². The Morgan fingerprint density at radius 1 is 1.05 bits per heavy atom. The largest absolute Gasteiger partial charge is 0.399 e. The number of hydrogen-bond donors (Lipinski definition) is 0. The summed E-state index contributed by atoms with van der Waals surface area (Å²) in [5, 5.41) is 11.6. The molecule has 0 aliphatic carbocycles. The van der Waals surface area contributed by atoms with Gasteiger partial charge in [0.15, 0.2) is 6.33 Å². The van der Waals surface area contributed by atoms with Gasteiger partial charge in [-0.1, -0.05) is 10.3 Å². The minimum atomic E-state index is 0.265. The molecule has 3 aliphatic rings. The van der Waals surface area contributed by atoms with Crippen LogP contribution in [0.5, 0.6) is 0 Å². The predicted molar refractivity (Wildman–Crippen MR) is 64.4 cm³/mol. The summed E-state index contributed by atoms with van der Waals surface area (Å²) in [6, 6.07) is 1.05. The number of aromatic nitrogens is 4. The molecule has 8 heteroatoms. The molecule has 8 nitrogen and oxygen atoms in total. The lowest BCUT2D eigenvalue weighted by atomic mass is 10.1. The topological polar surface area (TPSA) is 84.3 Å². The fourth-order valence-corrected chi connectivity index (χ4v) is 2.82. The molecule has 3 aliphatic heterocycles. The number of anilines is 1. The molecule has 0 aromatic carbocycles. The summed E-state index contributed by atoms with van der Waals surface area (Å²) in [6.07, 6.45) is 3.62. The second-order valence-corrected chi connectivity index (χ2v) is 4.90. The first-order chi connectivity index (χ1) is 9.40. The van der Waals surface area contributed by atoms with Crippen molar-refractivity contribution in [3.05, 3.63) is 6.33 Å². The Morgan fingerprint density at radius 2 is 1.95 bits per heavy atom. The maximum atomic E-state index is 5.66. The molecule has 2 aromatic heterocycles. The Hall–Kier alpha value is -1.96. The first kappa shape index (κ1) is 10.9. The Morgan fingerprint density at radius 3 is 2.74 bits per heavy atom. The van der Waals surface area contributed by atoms with E-state index in [1.165, 1.54) is 6.33 Å². The summed E-state index contributed by atoms with van der Waals surface area (Å²) in [7, 11) is 0. The van der Waals surface area contributed by atoms with Crippen LogP contribution < -0.4 is 4.90 Å². The average Bonchev–Trinajstić information content (AvgIpc) is 3.05. The van der Waals surface area contributed by atoms with Crippen molar-refractivity contribution in [1.29, 1.82) is 0 Å². The van der Waals surface area contributed by atoms with Gasteiger partial charge in [-0.2, -0.15) is 4.98 Å². The Labute approximate surface area is 109 Å². The van der Waals surface area contributed by atoms with Gasteiger partial charge < -0.3 is 18.7 Å². The molecule has 3 saturated heterocycles. The number of rotatable bonds is 2. The summed E-state index contributed by atoms with van der Waals surface area (Å²) >= 11 is 0. The Balaban J connectivity index is 1.62. The van der Waals surface area contributed by atoms with Crippen LogP contribution in [0.25, 0.3) is 11.8 Å². The van der Waals surface area contributed by atoms with Crippen molar-refractivity contribution in [3.8, 4) is 11.8 Å². The van der Waals surface area contributed by atoms with Gasteiger partial charge in [0.25, 0.3) is 0 Å². The third-order valence-corrected chi connectivity index (χ3v) is 3.86. The van der Waals surface area contributed by atoms with Gasteiger partial charge in [-0.05, 0) is 12.8 Å². The number of fused-ring (bicyclic) bond motifs is 4. The van der Waals surface area contributed by atoms with E-state index in [1.54, 1.807) is 0 Å². The molecule has 100 valence electrons. The molecule has 0 saturated carbocycles. The Kier molecular flexibility index (Phi) is 2.47. The van der Waals surface area contributed by atoms with E-state index in [0.717, 1.165) is 39.0 Å². The molecule has 3 fully saturated rings.